The third kappa shape index (κ3) is 3.43. The molecule has 2 aliphatic heterocycles. The Labute approximate surface area is 200 Å². The molecule has 2 heterocycles. The third-order valence-electron chi connectivity index (χ3n) is 6.23. The van der Waals surface area contributed by atoms with E-state index in [9.17, 15) is 19.7 Å². The molecule has 0 aromatic heterocycles. The van der Waals surface area contributed by atoms with E-state index in [1.165, 1.54) is 23.3 Å². The van der Waals surface area contributed by atoms with Gasteiger partial charge in [-0.15, -0.1) is 0 Å². The van der Waals surface area contributed by atoms with Crippen molar-refractivity contribution in [3.8, 4) is 0 Å². The molecule has 0 aliphatic carbocycles. The van der Waals surface area contributed by atoms with E-state index in [4.69, 9.17) is 16.4 Å². The zero-order valence-corrected chi connectivity index (χ0v) is 19.1. The summed E-state index contributed by atoms with van der Waals surface area (Å²) in [5.41, 5.74) is 3.06. The number of hydrogen-bond donors (Lipinski definition) is 0. The molecule has 0 N–H and O–H groups in total. The summed E-state index contributed by atoms with van der Waals surface area (Å²) in [6, 6.07) is 17.7. The van der Waals surface area contributed by atoms with Gasteiger partial charge in [-0.3, -0.25) is 24.5 Å². The lowest BCUT2D eigenvalue weighted by Crippen LogP contribution is -2.37. The van der Waals surface area contributed by atoms with Gasteiger partial charge in [0.2, 0.25) is 5.91 Å². The molecule has 2 saturated heterocycles. The lowest BCUT2D eigenvalue weighted by molar-refractivity contribution is -0.384. The monoisotopic (exact) mass is 477 g/mol. The number of para-hydroxylation sites is 1. The van der Waals surface area contributed by atoms with Crippen molar-refractivity contribution in [3.05, 3.63) is 98.6 Å². The summed E-state index contributed by atoms with van der Waals surface area (Å²) in [6.07, 6.45) is -1.09. The number of imide groups is 1. The van der Waals surface area contributed by atoms with Crippen LogP contribution >= 0.6 is 11.6 Å². The van der Waals surface area contributed by atoms with Crippen molar-refractivity contribution in [2.24, 2.45) is 5.92 Å². The van der Waals surface area contributed by atoms with Crippen LogP contribution in [-0.4, -0.2) is 22.8 Å². The van der Waals surface area contributed by atoms with Gasteiger partial charge in [-0.1, -0.05) is 47.5 Å². The standard InChI is InChI=1S/C25H20ClN3O5/c1-14-8-11-20(15(2)12-14)27-24(30)21-22(18-13-17(29(32)33)9-10-19(18)26)28(34-23(21)25(27)31)16-6-4-3-5-7-16/h3-13,21-23H,1-2H3/t21-,22+,23+/m1/s1. The summed E-state index contributed by atoms with van der Waals surface area (Å²) in [4.78, 5) is 45.4. The maximum Gasteiger partial charge on any atom is 0.269 e. The van der Waals surface area contributed by atoms with E-state index in [2.05, 4.69) is 0 Å². The molecule has 2 aliphatic rings. The second-order valence-electron chi connectivity index (χ2n) is 8.42. The van der Waals surface area contributed by atoms with Crippen molar-refractivity contribution >= 4 is 40.5 Å². The highest BCUT2D eigenvalue weighted by Gasteiger charge is 2.60. The van der Waals surface area contributed by atoms with E-state index in [0.717, 1.165) is 16.0 Å². The predicted octanol–water partition coefficient (Wildman–Crippen LogP) is 4.92. The molecule has 0 bridgehead atoms. The summed E-state index contributed by atoms with van der Waals surface area (Å²) < 4.78 is 0. The smallest absolute Gasteiger partial charge is 0.269 e. The minimum Gasteiger partial charge on any atom is -0.273 e. The van der Waals surface area contributed by atoms with Gasteiger partial charge in [0.15, 0.2) is 6.10 Å². The summed E-state index contributed by atoms with van der Waals surface area (Å²) in [7, 11) is 0. The Bertz CT molecular complexity index is 1330. The van der Waals surface area contributed by atoms with Crippen LogP contribution in [0.1, 0.15) is 22.7 Å². The van der Waals surface area contributed by atoms with Gasteiger partial charge >= 0.3 is 0 Å². The van der Waals surface area contributed by atoms with Crippen molar-refractivity contribution in [1.82, 2.24) is 0 Å². The SMILES string of the molecule is Cc1ccc(N2C(=O)[C@H]3[C@H](ON(c4ccccc4)[C@H]3c3cc([N+](=O)[O-])ccc3Cl)C2=O)c(C)c1. The number of halogens is 1. The first-order valence-electron chi connectivity index (χ1n) is 10.7. The van der Waals surface area contributed by atoms with Crippen molar-refractivity contribution in [2.45, 2.75) is 26.0 Å². The highest BCUT2D eigenvalue weighted by atomic mass is 35.5. The van der Waals surface area contributed by atoms with E-state index < -0.39 is 34.8 Å². The molecule has 2 amide bonds. The van der Waals surface area contributed by atoms with Crippen molar-refractivity contribution in [2.75, 3.05) is 9.96 Å². The number of anilines is 2. The van der Waals surface area contributed by atoms with Gasteiger partial charge in [0.1, 0.15) is 5.92 Å². The predicted molar refractivity (Wildman–Crippen MR) is 127 cm³/mol. The van der Waals surface area contributed by atoms with Gasteiger partial charge in [-0.2, -0.15) is 0 Å². The number of amides is 2. The van der Waals surface area contributed by atoms with Gasteiger partial charge in [0, 0.05) is 22.7 Å². The largest absolute Gasteiger partial charge is 0.273 e. The van der Waals surface area contributed by atoms with Crippen LogP contribution in [0.3, 0.4) is 0 Å². The lowest BCUT2D eigenvalue weighted by atomic mass is 9.90. The van der Waals surface area contributed by atoms with Crippen molar-refractivity contribution in [1.29, 1.82) is 0 Å². The number of carbonyl (C=O) groups is 2. The molecule has 8 nitrogen and oxygen atoms in total. The van der Waals surface area contributed by atoms with Gasteiger partial charge in [-0.05, 0) is 43.7 Å². The molecule has 9 heteroatoms. The van der Waals surface area contributed by atoms with Crippen LogP contribution < -0.4 is 9.96 Å². The number of nitro benzene ring substituents is 1. The Balaban J connectivity index is 1.64. The minimum absolute atomic E-state index is 0.168. The first-order chi connectivity index (χ1) is 16.3. The second kappa shape index (κ2) is 8.23. The summed E-state index contributed by atoms with van der Waals surface area (Å²) >= 11 is 6.49. The highest BCUT2D eigenvalue weighted by Crippen LogP contribution is 2.49. The second-order valence-corrected chi connectivity index (χ2v) is 8.83. The molecule has 3 aromatic rings. The number of rotatable bonds is 4. The number of hydrogen-bond acceptors (Lipinski definition) is 6. The van der Waals surface area contributed by atoms with Crippen LogP contribution in [0.4, 0.5) is 17.1 Å². The molecule has 0 saturated carbocycles. The molecule has 2 fully saturated rings. The molecule has 34 heavy (non-hydrogen) atoms. The Hall–Kier alpha value is -3.75. The van der Waals surface area contributed by atoms with E-state index >= 15 is 0 Å². The summed E-state index contributed by atoms with van der Waals surface area (Å²) in [6.45, 7) is 3.77. The molecule has 172 valence electrons. The van der Waals surface area contributed by atoms with E-state index in [-0.39, 0.29) is 10.7 Å². The minimum atomic E-state index is -1.09. The number of benzene rings is 3. The van der Waals surface area contributed by atoms with E-state index in [1.807, 2.05) is 32.0 Å². The fourth-order valence-electron chi connectivity index (χ4n) is 4.69. The number of aryl methyl sites for hydroxylation is 2. The fraction of sp³-hybridized carbons (Fsp3) is 0.200. The number of nitro groups is 1. The van der Waals surface area contributed by atoms with Crippen LogP contribution in [0.2, 0.25) is 5.02 Å². The Kier molecular flexibility index (Phi) is 5.34. The molecular formula is C25H20ClN3O5. The molecule has 0 radical (unpaired) electrons. The maximum absolute atomic E-state index is 13.7. The lowest BCUT2D eigenvalue weighted by Gasteiger charge is -2.29. The van der Waals surface area contributed by atoms with Crippen LogP contribution in [0.15, 0.2) is 66.7 Å². The zero-order valence-electron chi connectivity index (χ0n) is 18.3. The maximum atomic E-state index is 13.7. The van der Waals surface area contributed by atoms with Crippen LogP contribution in [0.25, 0.3) is 0 Å². The summed E-state index contributed by atoms with van der Waals surface area (Å²) in [5.74, 6) is -1.85. The van der Waals surface area contributed by atoms with Crippen molar-refractivity contribution in [3.63, 3.8) is 0 Å². The number of fused-ring (bicyclic) bond motifs is 1. The van der Waals surface area contributed by atoms with Gasteiger partial charge < -0.3 is 0 Å². The fourth-order valence-corrected chi connectivity index (χ4v) is 4.92. The molecule has 3 atom stereocenters. The van der Waals surface area contributed by atoms with Crippen LogP contribution in [0, 0.1) is 29.9 Å². The van der Waals surface area contributed by atoms with Crippen LogP contribution in [-0.2, 0) is 14.4 Å². The molecule has 0 spiro atoms. The number of nitrogens with zero attached hydrogens (tertiary/aromatic N) is 3. The number of carbonyl (C=O) groups excluding carboxylic acids is 2. The molecule has 3 aromatic carbocycles. The van der Waals surface area contributed by atoms with Gasteiger partial charge in [0.25, 0.3) is 11.6 Å². The number of hydroxylamine groups is 1. The van der Waals surface area contributed by atoms with Crippen LogP contribution in [0.5, 0.6) is 0 Å². The average Bonchev–Trinajstić information content (AvgIpc) is 3.31. The Morgan fingerprint density at radius 1 is 0.971 bits per heavy atom. The van der Waals surface area contributed by atoms with E-state index in [0.29, 0.717) is 16.9 Å². The Morgan fingerprint density at radius 3 is 2.38 bits per heavy atom. The molecular weight excluding hydrogens is 458 g/mol. The topological polar surface area (TPSA) is 93.0 Å². The Morgan fingerprint density at radius 2 is 1.71 bits per heavy atom. The van der Waals surface area contributed by atoms with Crippen molar-refractivity contribution < 1.29 is 19.3 Å². The first kappa shape index (κ1) is 22.1. The quantitative estimate of drug-likeness (QED) is 0.301. The highest BCUT2D eigenvalue weighted by molar-refractivity contribution is 6.31. The normalized spacial score (nSPS) is 21.8. The molecule has 0 unspecified atom stereocenters. The zero-order chi connectivity index (χ0) is 24.1. The summed E-state index contributed by atoms with van der Waals surface area (Å²) in [5, 5.41) is 13.2. The average molecular weight is 478 g/mol. The van der Waals surface area contributed by atoms with Gasteiger partial charge in [0.05, 0.1) is 22.3 Å². The third-order valence-corrected chi connectivity index (χ3v) is 6.57. The van der Waals surface area contributed by atoms with Gasteiger partial charge in [-0.25, -0.2) is 9.96 Å². The number of non-ortho nitro benzene ring substituents is 1. The molecule has 5 rings (SSSR count). The first-order valence-corrected chi connectivity index (χ1v) is 11.1. The van der Waals surface area contributed by atoms with E-state index in [1.54, 1.807) is 30.3 Å².